The van der Waals surface area contributed by atoms with Crippen LogP contribution in [0.25, 0.3) is 0 Å². The first-order chi connectivity index (χ1) is 16.1. The van der Waals surface area contributed by atoms with Crippen molar-refractivity contribution in [2.75, 3.05) is 10.7 Å². The van der Waals surface area contributed by atoms with Crippen LogP contribution >= 0.6 is 11.8 Å². The lowest BCUT2D eigenvalue weighted by molar-refractivity contribution is -0.202. The summed E-state index contributed by atoms with van der Waals surface area (Å²) in [4.78, 5) is 49.5. The minimum Gasteiger partial charge on any atom is -0.451 e. The van der Waals surface area contributed by atoms with Crippen molar-refractivity contribution >= 4 is 41.3 Å². The fourth-order valence-electron chi connectivity index (χ4n) is 3.45. The van der Waals surface area contributed by atoms with Gasteiger partial charge in [-0.2, -0.15) is 0 Å². The molecule has 0 bridgehead atoms. The number of hydrogen-bond acceptors (Lipinski definition) is 8. The van der Waals surface area contributed by atoms with E-state index in [1.54, 1.807) is 36.1 Å². The Morgan fingerprint density at radius 2 is 1.65 bits per heavy atom. The summed E-state index contributed by atoms with van der Waals surface area (Å²) in [5.74, 6) is -2.30. The molecule has 2 aromatic rings. The van der Waals surface area contributed by atoms with Gasteiger partial charge < -0.3 is 14.2 Å². The number of carbonyl (C=O) groups is 4. The lowest BCUT2D eigenvalue weighted by atomic mass is 10.1. The molecule has 0 N–H and O–H groups in total. The first kappa shape index (κ1) is 25.2. The molecule has 3 rings (SSSR count). The third-order valence-corrected chi connectivity index (χ3v) is 6.17. The maximum absolute atomic E-state index is 13.3. The predicted molar refractivity (Wildman–Crippen MR) is 122 cm³/mol. The lowest BCUT2D eigenvalue weighted by Crippen LogP contribution is -2.36. The highest BCUT2D eigenvalue weighted by atomic mass is 32.2. The van der Waals surface area contributed by atoms with E-state index < -0.39 is 30.3 Å². The highest BCUT2D eigenvalue weighted by Gasteiger charge is 2.35. The molecule has 34 heavy (non-hydrogen) atoms. The van der Waals surface area contributed by atoms with Crippen molar-refractivity contribution in [1.82, 2.24) is 0 Å². The summed E-state index contributed by atoms with van der Waals surface area (Å²) in [5.41, 5.74) is 2.26. The third-order valence-electron chi connectivity index (χ3n) is 4.96. The van der Waals surface area contributed by atoms with Gasteiger partial charge in [0.15, 0.2) is 6.10 Å². The topological polar surface area (TPSA) is 99.2 Å². The van der Waals surface area contributed by atoms with Crippen molar-refractivity contribution in [3.63, 3.8) is 0 Å². The quantitative estimate of drug-likeness (QED) is 0.426. The Morgan fingerprint density at radius 3 is 2.21 bits per heavy atom. The fourth-order valence-corrected chi connectivity index (χ4v) is 4.62. The monoisotopic (exact) mass is 489 g/mol. The molecular weight excluding hydrogens is 465 g/mol. The SMILES string of the molecule is CC(=O)OC(OC(C)=O)C(C)OC(=O)c1ccc(N2C(=O)CSC2c2ccc(F)cc2)c(C)c1. The van der Waals surface area contributed by atoms with Crippen LogP contribution in [0.4, 0.5) is 10.1 Å². The van der Waals surface area contributed by atoms with Gasteiger partial charge >= 0.3 is 17.9 Å². The number of anilines is 1. The van der Waals surface area contributed by atoms with Crippen LogP contribution in [0, 0.1) is 12.7 Å². The van der Waals surface area contributed by atoms with Crippen LogP contribution < -0.4 is 4.90 Å². The number of aryl methyl sites for hydroxylation is 1. The third kappa shape index (κ3) is 5.93. The predicted octanol–water partition coefficient (Wildman–Crippen LogP) is 3.91. The fraction of sp³-hybridized carbons (Fsp3) is 0.333. The zero-order valence-corrected chi connectivity index (χ0v) is 19.9. The largest absolute Gasteiger partial charge is 0.451 e. The van der Waals surface area contributed by atoms with E-state index in [1.165, 1.54) is 36.9 Å². The number of nitrogens with zero attached hydrogens (tertiary/aromatic N) is 1. The maximum Gasteiger partial charge on any atom is 0.338 e. The molecule has 2 atom stereocenters. The summed E-state index contributed by atoms with van der Waals surface area (Å²) in [6, 6.07) is 10.7. The van der Waals surface area contributed by atoms with E-state index in [9.17, 15) is 23.6 Å². The minimum atomic E-state index is -1.38. The number of hydrogen-bond donors (Lipinski definition) is 0. The van der Waals surface area contributed by atoms with Gasteiger partial charge in [-0.15, -0.1) is 11.8 Å². The molecule has 180 valence electrons. The number of carbonyl (C=O) groups excluding carboxylic acids is 4. The van der Waals surface area contributed by atoms with Gasteiger partial charge in [-0.05, 0) is 55.3 Å². The molecule has 1 heterocycles. The van der Waals surface area contributed by atoms with Crippen LogP contribution in [0.2, 0.25) is 0 Å². The summed E-state index contributed by atoms with van der Waals surface area (Å²) in [6.07, 6.45) is -2.44. The summed E-state index contributed by atoms with van der Waals surface area (Å²) >= 11 is 1.43. The van der Waals surface area contributed by atoms with E-state index in [4.69, 9.17) is 14.2 Å². The lowest BCUT2D eigenvalue weighted by Gasteiger charge is -2.26. The van der Waals surface area contributed by atoms with Crippen LogP contribution in [-0.4, -0.2) is 42.0 Å². The molecule has 0 aromatic heterocycles. The van der Waals surface area contributed by atoms with Crippen molar-refractivity contribution in [1.29, 1.82) is 0 Å². The standard InChI is InChI=1S/C24H24FNO7S/c1-13-11-18(23(30)31-14(2)24(32-15(3)27)33-16(4)28)7-10-20(13)26-21(29)12-34-22(26)17-5-8-19(25)9-6-17/h5-11,14,22,24H,12H2,1-4H3. The summed E-state index contributed by atoms with van der Waals surface area (Å²) in [5, 5.41) is -0.321. The van der Waals surface area contributed by atoms with E-state index in [2.05, 4.69) is 0 Å². The molecule has 8 nitrogen and oxygen atoms in total. The number of rotatable bonds is 7. The molecule has 2 unspecified atom stereocenters. The number of thioether (sulfide) groups is 1. The molecule has 0 aliphatic carbocycles. The first-order valence-electron chi connectivity index (χ1n) is 10.4. The molecule has 1 amide bonds. The Bertz CT molecular complexity index is 1090. The number of benzene rings is 2. The van der Waals surface area contributed by atoms with Gasteiger partial charge in [-0.25, -0.2) is 9.18 Å². The molecule has 10 heteroatoms. The Kier molecular flexibility index (Phi) is 7.93. The van der Waals surface area contributed by atoms with Gasteiger partial charge in [0.2, 0.25) is 5.91 Å². The Morgan fingerprint density at radius 1 is 1.03 bits per heavy atom. The van der Waals surface area contributed by atoms with Crippen molar-refractivity contribution < 1.29 is 37.8 Å². The second kappa shape index (κ2) is 10.7. The first-order valence-corrected chi connectivity index (χ1v) is 11.5. The van der Waals surface area contributed by atoms with Crippen LogP contribution in [0.1, 0.15) is 47.6 Å². The van der Waals surface area contributed by atoms with E-state index in [1.807, 2.05) is 0 Å². The van der Waals surface area contributed by atoms with Crippen molar-refractivity contribution in [2.24, 2.45) is 0 Å². The van der Waals surface area contributed by atoms with Crippen molar-refractivity contribution in [2.45, 2.75) is 45.5 Å². The average molecular weight is 490 g/mol. The number of halogens is 1. The van der Waals surface area contributed by atoms with E-state index in [0.717, 1.165) is 19.4 Å². The molecule has 1 fully saturated rings. The highest BCUT2D eigenvalue weighted by molar-refractivity contribution is 8.00. The number of esters is 3. The summed E-state index contributed by atoms with van der Waals surface area (Å²) < 4.78 is 28.5. The second-order valence-electron chi connectivity index (χ2n) is 7.68. The van der Waals surface area contributed by atoms with Crippen molar-refractivity contribution in [3.05, 3.63) is 65.0 Å². The molecule has 0 spiro atoms. The molecule has 1 saturated heterocycles. The van der Waals surface area contributed by atoms with Crippen molar-refractivity contribution in [3.8, 4) is 0 Å². The zero-order valence-electron chi connectivity index (χ0n) is 19.1. The van der Waals surface area contributed by atoms with E-state index in [-0.39, 0.29) is 28.4 Å². The molecule has 0 saturated carbocycles. The van der Waals surface area contributed by atoms with Gasteiger partial charge in [-0.3, -0.25) is 19.3 Å². The Labute approximate surface area is 200 Å². The smallest absolute Gasteiger partial charge is 0.338 e. The maximum atomic E-state index is 13.3. The van der Waals surface area contributed by atoms with Crippen LogP contribution in [0.15, 0.2) is 42.5 Å². The van der Waals surface area contributed by atoms with Gasteiger partial charge in [0.25, 0.3) is 6.29 Å². The van der Waals surface area contributed by atoms with Gasteiger partial charge in [0, 0.05) is 19.5 Å². The molecule has 2 aromatic carbocycles. The zero-order chi connectivity index (χ0) is 25.0. The van der Waals surface area contributed by atoms with E-state index in [0.29, 0.717) is 11.3 Å². The Balaban J connectivity index is 1.79. The minimum absolute atomic E-state index is 0.100. The average Bonchev–Trinajstić information content (AvgIpc) is 3.14. The van der Waals surface area contributed by atoms with Gasteiger partial charge in [-0.1, -0.05) is 12.1 Å². The summed E-state index contributed by atoms with van der Waals surface area (Å²) in [7, 11) is 0. The molecular formula is C24H24FNO7S. The van der Waals surface area contributed by atoms with Crippen LogP contribution in [-0.2, 0) is 28.6 Å². The number of ether oxygens (including phenoxy) is 3. The van der Waals surface area contributed by atoms with Crippen LogP contribution in [0.3, 0.4) is 0 Å². The van der Waals surface area contributed by atoms with Gasteiger partial charge in [0.1, 0.15) is 11.2 Å². The molecule has 0 radical (unpaired) electrons. The second-order valence-corrected chi connectivity index (χ2v) is 8.75. The van der Waals surface area contributed by atoms with E-state index >= 15 is 0 Å². The normalized spacial score (nSPS) is 16.4. The van der Waals surface area contributed by atoms with Crippen LogP contribution in [0.5, 0.6) is 0 Å². The van der Waals surface area contributed by atoms with Gasteiger partial charge in [0.05, 0.1) is 11.3 Å². The summed E-state index contributed by atoms with van der Waals surface area (Å²) in [6.45, 7) is 5.48. The Hall–Kier alpha value is -3.40. The molecule has 1 aliphatic heterocycles. The number of amides is 1. The molecule has 1 aliphatic rings. The highest BCUT2D eigenvalue weighted by Crippen LogP contribution is 2.42.